The molecule has 4 aromatic rings. The maximum atomic E-state index is 5.83. The SMILES string of the molecule is c1ccc(Oc2ccc(-c3cccc4cc[nH]c34)cc2)cc1. The van der Waals surface area contributed by atoms with Gasteiger partial charge in [-0.15, -0.1) is 0 Å². The number of nitrogens with one attached hydrogen (secondary N) is 1. The van der Waals surface area contributed by atoms with Crippen molar-refractivity contribution in [2.75, 3.05) is 0 Å². The summed E-state index contributed by atoms with van der Waals surface area (Å²) in [5, 5.41) is 1.22. The number of hydrogen-bond donors (Lipinski definition) is 1. The predicted molar refractivity (Wildman–Crippen MR) is 90.3 cm³/mol. The summed E-state index contributed by atoms with van der Waals surface area (Å²) in [7, 11) is 0. The number of aromatic nitrogens is 1. The lowest BCUT2D eigenvalue weighted by Crippen LogP contribution is -1.84. The van der Waals surface area contributed by atoms with Crippen LogP contribution < -0.4 is 4.74 Å². The average molecular weight is 285 g/mol. The standard InChI is InChI=1S/C20H15NO/c1-2-6-17(7-3-1)22-18-11-9-15(10-12-18)19-8-4-5-16-13-14-21-20(16)19/h1-14,21H. The van der Waals surface area contributed by atoms with Gasteiger partial charge in [0.2, 0.25) is 0 Å². The summed E-state index contributed by atoms with van der Waals surface area (Å²) >= 11 is 0. The molecule has 0 fully saturated rings. The second-order valence-corrected chi connectivity index (χ2v) is 5.19. The molecule has 1 heterocycles. The van der Waals surface area contributed by atoms with E-state index >= 15 is 0 Å². The molecular weight excluding hydrogens is 270 g/mol. The third-order valence-corrected chi connectivity index (χ3v) is 3.73. The molecule has 0 radical (unpaired) electrons. The molecule has 1 aromatic heterocycles. The first-order chi connectivity index (χ1) is 10.9. The molecule has 0 unspecified atom stereocenters. The lowest BCUT2D eigenvalue weighted by Gasteiger charge is -2.07. The van der Waals surface area contributed by atoms with Crippen LogP contribution in [0.5, 0.6) is 11.5 Å². The van der Waals surface area contributed by atoms with Crippen molar-refractivity contribution in [3.05, 3.63) is 85.1 Å². The molecule has 0 aliphatic heterocycles. The lowest BCUT2D eigenvalue weighted by atomic mass is 10.0. The van der Waals surface area contributed by atoms with Gasteiger partial charge in [0.1, 0.15) is 11.5 Å². The van der Waals surface area contributed by atoms with Crippen LogP contribution in [0.4, 0.5) is 0 Å². The van der Waals surface area contributed by atoms with Gasteiger partial charge in [-0.2, -0.15) is 0 Å². The quantitative estimate of drug-likeness (QED) is 0.518. The fraction of sp³-hybridized carbons (Fsp3) is 0. The number of para-hydroxylation sites is 2. The molecule has 1 N–H and O–H groups in total. The maximum Gasteiger partial charge on any atom is 0.127 e. The second-order valence-electron chi connectivity index (χ2n) is 5.19. The Morgan fingerprint density at radius 3 is 2.23 bits per heavy atom. The number of hydrogen-bond acceptors (Lipinski definition) is 1. The van der Waals surface area contributed by atoms with Gasteiger partial charge in [0.05, 0.1) is 5.52 Å². The monoisotopic (exact) mass is 285 g/mol. The Hall–Kier alpha value is -3.00. The van der Waals surface area contributed by atoms with Crippen LogP contribution in [0.1, 0.15) is 0 Å². The zero-order chi connectivity index (χ0) is 14.8. The Bertz CT molecular complexity index is 892. The zero-order valence-corrected chi connectivity index (χ0v) is 12.0. The molecule has 0 spiro atoms. The van der Waals surface area contributed by atoms with Crippen molar-refractivity contribution in [3.8, 4) is 22.6 Å². The molecule has 0 saturated carbocycles. The van der Waals surface area contributed by atoms with E-state index in [-0.39, 0.29) is 0 Å². The highest BCUT2D eigenvalue weighted by molar-refractivity contribution is 5.94. The van der Waals surface area contributed by atoms with Crippen LogP contribution >= 0.6 is 0 Å². The van der Waals surface area contributed by atoms with Crippen LogP contribution in [-0.4, -0.2) is 4.98 Å². The normalized spacial score (nSPS) is 10.7. The molecule has 0 amide bonds. The number of ether oxygens (including phenoxy) is 1. The number of benzene rings is 3. The number of H-pyrrole nitrogens is 1. The van der Waals surface area contributed by atoms with E-state index in [9.17, 15) is 0 Å². The van der Waals surface area contributed by atoms with Crippen molar-refractivity contribution in [2.45, 2.75) is 0 Å². The molecule has 2 heteroatoms. The topological polar surface area (TPSA) is 25.0 Å². The summed E-state index contributed by atoms with van der Waals surface area (Å²) in [6.45, 7) is 0. The highest BCUT2D eigenvalue weighted by Crippen LogP contribution is 2.30. The van der Waals surface area contributed by atoms with E-state index in [0.29, 0.717) is 0 Å². The van der Waals surface area contributed by atoms with Gasteiger partial charge in [-0.25, -0.2) is 0 Å². The van der Waals surface area contributed by atoms with Gasteiger partial charge in [0, 0.05) is 11.8 Å². The molecule has 106 valence electrons. The fourth-order valence-corrected chi connectivity index (χ4v) is 2.65. The molecule has 4 rings (SSSR count). The molecule has 0 aliphatic carbocycles. The van der Waals surface area contributed by atoms with Gasteiger partial charge in [-0.05, 0) is 41.3 Å². The minimum Gasteiger partial charge on any atom is -0.457 e. The van der Waals surface area contributed by atoms with Crippen LogP contribution in [0, 0.1) is 0 Å². The van der Waals surface area contributed by atoms with E-state index in [4.69, 9.17) is 4.74 Å². The Morgan fingerprint density at radius 1 is 0.636 bits per heavy atom. The highest BCUT2D eigenvalue weighted by Gasteiger charge is 2.05. The Labute approximate surface area is 129 Å². The predicted octanol–water partition coefficient (Wildman–Crippen LogP) is 5.63. The van der Waals surface area contributed by atoms with E-state index in [1.807, 2.05) is 48.7 Å². The largest absolute Gasteiger partial charge is 0.457 e. The number of rotatable bonds is 3. The molecule has 22 heavy (non-hydrogen) atoms. The van der Waals surface area contributed by atoms with Crippen molar-refractivity contribution in [1.29, 1.82) is 0 Å². The Kier molecular flexibility index (Phi) is 3.13. The summed E-state index contributed by atoms with van der Waals surface area (Å²) in [5.41, 5.74) is 3.54. The van der Waals surface area contributed by atoms with Crippen molar-refractivity contribution >= 4 is 10.9 Å². The first-order valence-electron chi connectivity index (χ1n) is 7.29. The van der Waals surface area contributed by atoms with E-state index in [2.05, 4.69) is 41.4 Å². The van der Waals surface area contributed by atoms with Gasteiger partial charge < -0.3 is 9.72 Å². The van der Waals surface area contributed by atoms with Crippen LogP contribution in [0.3, 0.4) is 0 Å². The summed E-state index contributed by atoms with van der Waals surface area (Å²) in [6.07, 6.45) is 1.97. The smallest absolute Gasteiger partial charge is 0.127 e. The van der Waals surface area contributed by atoms with Crippen LogP contribution in [-0.2, 0) is 0 Å². The third kappa shape index (κ3) is 2.35. The van der Waals surface area contributed by atoms with Gasteiger partial charge >= 0.3 is 0 Å². The van der Waals surface area contributed by atoms with E-state index in [1.54, 1.807) is 0 Å². The Balaban J connectivity index is 1.66. The van der Waals surface area contributed by atoms with Crippen molar-refractivity contribution in [2.24, 2.45) is 0 Å². The van der Waals surface area contributed by atoms with Gasteiger partial charge in [0.15, 0.2) is 0 Å². The van der Waals surface area contributed by atoms with Gasteiger partial charge in [-0.1, -0.05) is 48.5 Å². The molecular formula is C20H15NO. The minimum atomic E-state index is 0.841. The highest BCUT2D eigenvalue weighted by atomic mass is 16.5. The summed E-state index contributed by atoms with van der Waals surface area (Å²) in [6, 6.07) is 26.4. The molecule has 0 saturated heterocycles. The van der Waals surface area contributed by atoms with Crippen molar-refractivity contribution in [3.63, 3.8) is 0 Å². The summed E-state index contributed by atoms with van der Waals surface area (Å²) in [5.74, 6) is 1.69. The first-order valence-corrected chi connectivity index (χ1v) is 7.29. The van der Waals surface area contributed by atoms with Crippen LogP contribution in [0.2, 0.25) is 0 Å². The lowest BCUT2D eigenvalue weighted by molar-refractivity contribution is 0.483. The van der Waals surface area contributed by atoms with Gasteiger partial charge in [0.25, 0.3) is 0 Å². The molecule has 0 bridgehead atoms. The number of aromatic amines is 1. The van der Waals surface area contributed by atoms with Crippen molar-refractivity contribution in [1.82, 2.24) is 4.98 Å². The number of fused-ring (bicyclic) bond motifs is 1. The van der Waals surface area contributed by atoms with Crippen molar-refractivity contribution < 1.29 is 4.74 Å². The third-order valence-electron chi connectivity index (χ3n) is 3.73. The molecule has 3 aromatic carbocycles. The first kappa shape index (κ1) is 12.7. The maximum absolute atomic E-state index is 5.83. The summed E-state index contributed by atoms with van der Waals surface area (Å²) < 4.78 is 5.83. The van der Waals surface area contributed by atoms with E-state index in [0.717, 1.165) is 11.5 Å². The second kappa shape index (κ2) is 5.41. The molecule has 2 nitrogen and oxygen atoms in total. The average Bonchev–Trinajstić information content (AvgIpc) is 3.05. The van der Waals surface area contributed by atoms with Crippen LogP contribution in [0.15, 0.2) is 85.1 Å². The molecule has 0 aliphatic rings. The minimum absolute atomic E-state index is 0.841. The van der Waals surface area contributed by atoms with E-state index < -0.39 is 0 Å². The van der Waals surface area contributed by atoms with Crippen LogP contribution in [0.25, 0.3) is 22.0 Å². The van der Waals surface area contributed by atoms with Gasteiger partial charge in [-0.3, -0.25) is 0 Å². The molecule has 0 atom stereocenters. The Morgan fingerprint density at radius 2 is 1.41 bits per heavy atom. The van der Waals surface area contributed by atoms with E-state index in [1.165, 1.54) is 22.0 Å². The fourth-order valence-electron chi connectivity index (χ4n) is 2.65. The zero-order valence-electron chi connectivity index (χ0n) is 12.0. The summed E-state index contributed by atoms with van der Waals surface area (Å²) in [4.78, 5) is 3.31.